The molecule has 3 nitrogen and oxygen atoms in total. The summed E-state index contributed by atoms with van der Waals surface area (Å²) in [6.07, 6.45) is 5.48. The molecule has 1 aromatic rings. The van der Waals surface area contributed by atoms with Crippen LogP contribution in [0.3, 0.4) is 0 Å². The fraction of sp³-hybridized carbons (Fsp3) is 0.692. The first kappa shape index (κ1) is 15.5. The van der Waals surface area contributed by atoms with Gasteiger partial charge in [-0.1, -0.05) is 13.3 Å². The summed E-state index contributed by atoms with van der Waals surface area (Å²) < 4.78 is 27.9. The van der Waals surface area contributed by atoms with Gasteiger partial charge in [0.05, 0.1) is 3.79 Å². The van der Waals surface area contributed by atoms with E-state index >= 15 is 0 Å². The molecule has 0 amide bonds. The van der Waals surface area contributed by atoms with Crippen molar-refractivity contribution in [3.63, 3.8) is 0 Å². The van der Waals surface area contributed by atoms with E-state index in [1.54, 1.807) is 23.5 Å². The quantitative estimate of drug-likeness (QED) is 0.805. The maximum absolute atomic E-state index is 12.5. The van der Waals surface area contributed by atoms with Crippen molar-refractivity contribution < 1.29 is 8.42 Å². The van der Waals surface area contributed by atoms with E-state index in [1.807, 2.05) is 0 Å². The molecule has 1 aliphatic carbocycles. The van der Waals surface area contributed by atoms with Crippen LogP contribution in [0.2, 0.25) is 0 Å². The van der Waals surface area contributed by atoms with Crippen LogP contribution in [0.5, 0.6) is 0 Å². The number of rotatable bonds is 4. The molecule has 6 heteroatoms. The van der Waals surface area contributed by atoms with Crippen LogP contribution in [0.1, 0.15) is 39.0 Å². The van der Waals surface area contributed by atoms with E-state index in [-0.39, 0.29) is 6.04 Å². The van der Waals surface area contributed by atoms with Crippen LogP contribution >= 0.6 is 27.3 Å². The molecule has 1 heterocycles. The first-order chi connectivity index (χ1) is 8.95. The number of halogens is 1. The summed E-state index contributed by atoms with van der Waals surface area (Å²) in [5.74, 6) is 0.781. The summed E-state index contributed by atoms with van der Waals surface area (Å²) in [6, 6.07) is 3.63. The average Bonchev–Trinajstić information content (AvgIpc) is 2.85. The number of hydrogen-bond acceptors (Lipinski definition) is 3. The molecular formula is C13H20BrNO2S2. The van der Waals surface area contributed by atoms with Crippen molar-refractivity contribution in [1.29, 1.82) is 0 Å². The molecule has 0 aliphatic heterocycles. The lowest BCUT2D eigenvalue weighted by Crippen LogP contribution is -2.39. The molecule has 0 bridgehead atoms. The lowest BCUT2D eigenvalue weighted by molar-refractivity contribution is 0.233. The number of thiophene rings is 1. The van der Waals surface area contributed by atoms with E-state index in [0.717, 1.165) is 35.4 Å². The first-order valence-electron chi connectivity index (χ1n) is 6.68. The summed E-state index contributed by atoms with van der Waals surface area (Å²) in [7, 11) is -1.60. The molecular weight excluding hydrogens is 346 g/mol. The van der Waals surface area contributed by atoms with Crippen LogP contribution in [0.15, 0.2) is 20.1 Å². The smallest absolute Gasteiger partial charge is 0.206 e. The Kier molecular flexibility index (Phi) is 5.09. The lowest BCUT2D eigenvalue weighted by atomic mass is 9.85. The molecule has 1 saturated carbocycles. The van der Waals surface area contributed by atoms with Gasteiger partial charge in [-0.15, -0.1) is 11.3 Å². The minimum absolute atomic E-state index is 0.161. The molecule has 0 atom stereocenters. The van der Waals surface area contributed by atoms with Gasteiger partial charge in [0.15, 0.2) is 0 Å². The van der Waals surface area contributed by atoms with Crippen LogP contribution < -0.4 is 0 Å². The Morgan fingerprint density at radius 2 is 1.95 bits per heavy atom. The third-order valence-electron chi connectivity index (χ3n) is 4.09. The third-order valence-corrected chi connectivity index (χ3v) is 8.09. The van der Waals surface area contributed by atoms with Crippen LogP contribution in [0.25, 0.3) is 0 Å². The number of nitrogens with zero attached hydrogens (tertiary/aromatic N) is 1. The molecule has 108 valence electrons. The molecule has 0 saturated heterocycles. The Bertz CT molecular complexity index is 519. The second-order valence-electron chi connectivity index (χ2n) is 5.16. The van der Waals surface area contributed by atoms with E-state index in [1.165, 1.54) is 17.8 Å². The van der Waals surface area contributed by atoms with Gasteiger partial charge in [0.25, 0.3) is 10.0 Å². The molecule has 1 fully saturated rings. The van der Waals surface area contributed by atoms with Crippen LogP contribution in [0.4, 0.5) is 0 Å². The molecule has 1 aromatic heterocycles. The van der Waals surface area contributed by atoms with E-state index in [4.69, 9.17) is 0 Å². The summed E-state index contributed by atoms with van der Waals surface area (Å²) in [4.78, 5) is 0. The van der Waals surface area contributed by atoms with Crippen LogP contribution in [0, 0.1) is 5.92 Å². The van der Waals surface area contributed by atoms with E-state index in [0.29, 0.717) is 4.21 Å². The van der Waals surface area contributed by atoms with Gasteiger partial charge in [0.1, 0.15) is 4.21 Å². The van der Waals surface area contributed by atoms with E-state index < -0.39 is 10.0 Å². The highest BCUT2D eigenvalue weighted by atomic mass is 79.9. The van der Waals surface area contributed by atoms with Crippen LogP contribution in [-0.2, 0) is 10.0 Å². The summed E-state index contributed by atoms with van der Waals surface area (Å²) in [5, 5.41) is 0. The Balaban J connectivity index is 2.09. The van der Waals surface area contributed by atoms with Gasteiger partial charge in [-0.05, 0) is 59.7 Å². The Morgan fingerprint density at radius 1 is 1.32 bits per heavy atom. The van der Waals surface area contributed by atoms with Gasteiger partial charge in [0, 0.05) is 13.1 Å². The Labute approximate surface area is 128 Å². The second-order valence-corrected chi connectivity index (χ2v) is 9.85. The van der Waals surface area contributed by atoms with Gasteiger partial charge in [-0.3, -0.25) is 0 Å². The molecule has 1 aliphatic rings. The van der Waals surface area contributed by atoms with Crippen molar-refractivity contribution in [2.24, 2.45) is 5.92 Å². The van der Waals surface area contributed by atoms with E-state index in [9.17, 15) is 8.42 Å². The Hall–Kier alpha value is 0.0900. The number of sulfonamides is 1. The van der Waals surface area contributed by atoms with Crippen LogP contribution in [-0.4, -0.2) is 25.8 Å². The maximum atomic E-state index is 12.5. The molecule has 0 aromatic carbocycles. The fourth-order valence-electron chi connectivity index (χ4n) is 2.69. The topological polar surface area (TPSA) is 37.4 Å². The third kappa shape index (κ3) is 3.40. The standard InChI is InChI=1S/C13H20BrNO2S2/c1-3-10-4-6-11(7-5-10)15(2)19(16,17)13-9-8-12(14)18-13/h8-11H,3-7H2,1-2H3. The average molecular weight is 366 g/mol. The monoisotopic (exact) mass is 365 g/mol. The number of hydrogen-bond donors (Lipinski definition) is 0. The lowest BCUT2D eigenvalue weighted by Gasteiger charge is -2.33. The summed E-state index contributed by atoms with van der Waals surface area (Å²) in [5.41, 5.74) is 0. The zero-order chi connectivity index (χ0) is 14.0. The second kappa shape index (κ2) is 6.24. The highest BCUT2D eigenvalue weighted by Crippen LogP contribution is 2.33. The molecule has 0 radical (unpaired) electrons. The first-order valence-corrected chi connectivity index (χ1v) is 9.73. The fourth-order valence-corrected chi connectivity index (χ4v) is 6.30. The van der Waals surface area contributed by atoms with Gasteiger partial charge in [0.2, 0.25) is 0 Å². The largest absolute Gasteiger partial charge is 0.252 e. The summed E-state index contributed by atoms with van der Waals surface area (Å²) >= 11 is 4.60. The summed E-state index contributed by atoms with van der Waals surface area (Å²) in [6.45, 7) is 2.22. The van der Waals surface area contributed by atoms with Gasteiger partial charge < -0.3 is 0 Å². The molecule has 0 spiro atoms. The highest BCUT2D eigenvalue weighted by Gasteiger charge is 2.31. The van der Waals surface area contributed by atoms with Crippen molar-refractivity contribution in [2.45, 2.75) is 49.3 Å². The van der Waals surface area contributed by atoms with Gasteiger partial charge >= 0.3 is 0 Å². The SMILES string of the molecule is CCC1CCC(N(C)S(=O)(=O)c2ccc(Br)s2)CC1. The zero-order valence-corrected chi connectivity index (χ0v) is 14.5. The van der Waals surface area contributed by atoms with E-state index in [2.05, 4.69) is 22.9 Å². The predicted molar refractivity (Wildman–Crippen MR) is 83.0 cm³/mol. The van der Waals surface area contributed by atoms with Crippen molar-refractivity contribution in [3.05, 3.63) is 15.9 Å². The Morgan fingerprint density at radius 3 is 2.42 bits per heavy atom. The minimum atomic E-state index is -3.32. The maximum Gasteiger partial charge on any atom is 0.252 e. The van der Waals surface area contributed by atoms with Crippen molar-refractivity contribution in [1.82, 2.24) is 4.31 Å². The highest BCUT2D eigenvalue weighted by molar-refractivity contribution is 9.11. The van der Waals surface area contributed by atoms with Crippen molar-refractivity contribution >= 4 is 37.3 Å². The minimum Gasteiger partial charge on any atom is -0.206 e. The van der Waals surface area contributed by atoms with Gasteiger partial charge in [-0.25, -0.2) is 8.42 Å². The zero-order valence-electron chi connectivity index (χ0n) is 11.3. The van der Waals surface area contributed by atoms with Crippen molar-refractivity contribution in [3.8, 4) is 0 Å². The molecule has 19 heavy (non-hydrogen) atoms. The normalized spacial score (nSPS) is 24.8. The molecule has 0 N–H and O–H groups in total. The molecule has 0 unspecified atom stereocenters. The van der Waals surface area contributed by atoms with Gasteiger partial charge in [-0.2, -0.15) is 4.31 Å². The predicted octanol–water partition coefficient (Wildman–Crippen LogP) is 4.10. The molecule has 2 rings (SSSR count). The van der Waals surface area contributed by atoms with Crippen molar-refractivity contribution in [2.75, 3.05) is 7.05 Å².